The van der Waals surface area contributed by atoms with Gasteiger partial charge in [0.15, 0.2) is 5.96 Å². The van der Waals surface area contributed by atoms with Crippen molar-refractivity contribution in [3.05, 3.63) is 17.5 Å². The Kier molecular flexibility index (Phi) is 11.8. The van der Waals surface area contributed by atoms with Gasteiger partial charge in [-0.3, -0.25) is 9.67 Å². The number of nitrogens with zero attached hydrogens (tertiary/aromatic N) is 4. The monoisotopic (exact) mass is 364 g/mol. The van der Waals surface area contributed by atoms with Crippen LogP contribution in [0.3, 0.4) is 0 Å². The Hall–Kier alpha value is -1.56. The highest BCUT2D eigenvalue weighted by Gasteiger charge is 2.01. The molecule has 0 aromatic carbocycles. The van der Waals surface area contributed by atoms with Gasteiger partial charge in [0.05, 0.1) is 5.69 Å². The molecule has 1 aromatic rings. The topological polar surface area (TPSA) is 57.5 Å². The minimum absolute atomic E-state index is 0.818. The maximum Gasteiger partial charge on any atom is 0.191 e. The van der Waals surface area contributed by atoms with E-state index in [9.17, 15) is 0 Å². The van der Waals surface area contributed by atoms with Crippen molar-refractivity contribution >= 4 is 5.96 Å². The summed E-state index contributed by atoms with van der Waals surface area (Å²) in [6.07, 6.45) is 7.46. The van der Waals surface area contributed by atoms with Crippen molar-refractivity contribution in [1.82, 2.24) is 25.3 Å². The number of guanidine groups is 1. The van der Waals surface area contributed by atoms with Crippen LogP contribution >= 0.6 is 0 Å². The average Bonchev–Trinajstić information content (AvgIpc) is 2.91. The number of aliphatic imine (C=N–C) groups is 1. The Labute approximate surface area is 160 Å². The lowest BCUT2D eigenvalue weighted by Crippen LogP contribution is -2.37. The van der Waals surface area contributed by atoms with Crippen LogP contribution in [0.5, 0.6) is 0 Å². The van der Waals surface area contributed by atoms with Crippen molar-refractivity contribution < 1.29 is 0 Å². The summed E-state index contributed by atoms with van der Waals surface area (Å²) >= 11 is 0. The molecule has 6 nitrogen and oxygen atoms in total. The van der Waals surface area contributed by atoms with E-state index in [1.165, 1.54) is 44.3 Å². The molecule has 0 spiro atoms. The summed E-state index contributed by atoms with van der Waals surface area (Å²) < 4.78 is 2.07. The van der Waals surface area contributed by atoms with Crippen LogP contribution in [0.25, 0.3) is 0 Å². The second kappa shape index (κ2) is 13.6. The number of rotatable bonds is 13. The van der Waals surface area contributed by atoms with E-state index in [-0.39, 0.29) is 0 Å². The molecule has 1 heterocycles. The molecule has 0 aliphatic rings. The van der Waals surface area contributed by atoms with Crippen LogP contribution in [-0.4, -0.2) is 60.9 Å². The zero-order chi connectivity index (χ0) is 19.2. The van der Waals surface area contributed by atoms with Crippen LogP contribution in [0.2, 0.25) is 0 Å². The first-order valence-corrected chi connectivity index (χ1v) is 10.2. The van der Waals surface area contributed by atoms with Crippen molar-refractivity contribution in [3.8, 4) is 0 Å². The molecule has 150 valence electrons. The molecule has 0 fully saturated rings. The molecule has 1 aromatic heterocycles. The van der Waals surface area contributed by atoms with Gasteiger partial charge in [0.25, 0.3) is 0 Å². The molecule has 0 saturated carbocycles. The molecular formula is C20H40N6. The van der Waals surface area contributed by atoms with E-state index in [4.69, 9.17) is 0 Å². The lowest BCUT2D eigenvalue weighted by Gasteiger charge is -2.12. The summed E-state index contributed by atoms with van der Waals surface area (Å²) in [4.78, 5) is 6.94. The number of aryl methyl sites for hydroxylation is 3. The molecule has 0 saturated heterocycles. The third-order valence-corrected chi connectivity index (χ3v) is 4.32. The standard InChI is InChI=1S/C20H40N6/c1-6-21-20(22-13-10-8-7-9-11-15-25(4)5)23-14-12-16-26-19(3)17-18(2)24-26/h17H,6-16H2,1-5H3,(H2,21,22,23). The van der Waals surface area contributed by atoms with E-state index in [0.29, 0.717) is 0 Å². The lowest BCUT2D eigenvalue weighted by atomic mass is 10.1. The molecule has 0 unspecified atom stereocenters. The summed E-state index contributed by atoms with van der Waals surface area (Å²) in [6, 6.07) is 2.12. The molecule has 26 heavy (non-hydrogen) atoms. The molecule has 1 rings (SSSR count). The maximum atomic E-state index is 4.68. The lowest BCUT2D eigenvalue weighted by molar-refractivity contribution is 0.389. The first-order valence-electron chi connectivity index (χ1n) is 10.2. The first kappa shape index (κ1) is 22.5. The molecule has 0 amide bonds. The molecule has 0 radical (unpaired) electrons. The molecule has 0 aliphatic heterocycles. The van der Waals surface area contributed by atoms with Crippen LogP contribution in [0.1, 0.15) is 56.8 Å². The van der Waals surface area contributed by atoms with Crippen LogP contribution in [0.15, 0.2) is 11.1 Å². The predicted octanol–water partition coefficient (Wildman–Crippen LogP) is 2.96. The van der Waals surface area contributed by atoms with Gasteiger partial charge in [-0.1, -0.05) is 19.3 Å². The fourth-order valence-electron chi connectivity index (χ4n) is 2.94. The third-order valence-electron chi connectivity index (χ3n) is 4.32. The largest absolute Gasteiger partial charge is 0.357 e. The van der Waals surface area contributed by atoms with E-state index >= 15 is 0 Å². The van der Waals surface area contributed by atoms with E-state index in [1.54, 1.807) is 0 Å². The summed E-state index contributed by atoms with van der Waals surface area (Å²) in [7, 11) is 4.28. The van der Waals surface area contributed by atoms with Gasteiger partial charge >= 0.3 is 0 Å². The van der Waals surface area contributed by atoms with Gasteiger partial charge < -0.3 is 15.5 Å². The Bertz CT molecular complexity index is 506. The van der Waals surface area contributed by atoms with Crippen molar-refractivity contribution in [2.45, 2.75) is 65.8 Å². The minimum atomic E-state index is 0.818. The number of hydrogen-bond donors (Lipinski definition) is 2. The van der Waals surface area contributed by atoms with Crippen molar-refractivity contribution in [2.75, 3.05) is 40.3 Å². The first-order chi connectivity index (χ1) is 12.5. The number of aromatic nitrogens is 2. The van der Waals surface area contributed by atoms with Crippen molar-refractivity contribution in [3.63, 3.8) is 0 Å². The van der Waals surface area contributed by atoms with Gasteiger partial charge in [-0.2, -0.15) is 5.10 Å². The molecular weight excluding hydrogens is 324 g/mol. The Morgan fingerprint density at radius 1 is 1.08 bits per heavy atom. The number of hydrogen-bond acceptors (Lipinski definition) is 3. The minimum Gasteiger partial charge on any atom is -0.357 e. The molecule has 0 bridgehead atoms. The van der Waals surface area contributed by atoms with Gasteiger partial charge in [-0.15, -0.1) is 0 Å². The van der Waals surface area contributed by atoms with Gasteiger partial charge in [-0.25, -0.2) is 0 Å². The van der Waals surface area contributed by atoms with Crippen molar-refractivity contribution in [2.24, 2.45) is 4.99 Å². The van der Waals surface area contributed by atoms with E-state index in [0.717, 1.165) is 44.3 Å². The van der Waals surface area contributed by atoms with E-state index in [2.05, 4.69) is 64.3 Å². The van der Waals surface area contributed by atoms with Crippen LogP contribution in [0.4, 0.5) is 0 Å². The van der Waals surface area contributed by atoms with Crippen LogP contribution in [-0.2, 0) is 6.54 Å². The Morgan fingerprint density at radius 2 is 1.81 bits per heavy atom. The van der Waals surface area contributed by atoms with Gasteiger partial charge in [0.2, 0.25) is 0 Å². The summed E-state index contributed by atoms with van der Waals surface area (Å²) in [5.74, 6) is 0.938. The maximum absolute atomic E-state index is 4.68. The Morgan fingerprint density at radius 3 is 2.46 bits per heavy atom. The summed E-state index contributed by atoms with van der Waals surface area (Å²) in [5, 5.41) is 11.3. The van der Waals surface area contributed by atoms with Crippen LogP contribution in [0, 0.1) is 13.8 Å². The van der Waals surface area contributed by atoms with E-state index in [1.807, 2.05) is 6.92 Å². The smallest absolute Gasteiger partial charge is 0.191 e. The van der Waals surface area contributed by atoms with Crippen molar-refractivity contribution in [1.29, 1.82) is 0 Å². The molecule has 2 N–H and O–H groups in total. The molecule has 0 aliphatic carbocycles. The SMILES string of the molecule is CCNC(=NCCCn1nc(C)cc1C)NCCCCCCCN(C)C. The third kappa shape index (κ3) is 10.4. The molecule has 6 heteroatoms. The Balaban J connectivity index is 2.15. The van der Waals surface area contributed by atoms with Gasteiger partial charge in [0.1, 0.15) is 0 Å². The highest BCUT2D eigenvalue weighted by molar-refractivity contribution is 5.79. The second-order valence-electron chi connectivity index (χ2n) is 7.26. The van der Waals surface area contributed by atoms with Crippen LogP contribution < -0.4 is 10.6 Å². The van der Waals surface area contributed by atoms with Gasteiger partial charge in [-0.05, 0) is 66.7 Å². The average molecular weight is 365 g/mol. The quantitative estimate of drug-likeness (QED) is 0.321. The number of nitrogens with one attached hydrogen (secondary N) is 2. The molecule has 0 atom stereocenters. The predicted molar refractivity (Wildman–Crippen MR) is 112 cm³/mol. The second-order valence-corrected chi connectivity index (χ2v) is 7.26. The van der Waals surface area contributed by atoms with Gasteiger partial charge in [0, 0.05) is 31.9 Å². The zero-order valence-corrected chi connectivity index (χ0v) is 17.6. The normalized spacial score (nSPS) is 12.0. The highest BCUT2D eigenvalue weighted by Crippen LogP contribution is 2.03. The summed E-state index contributed by atoms with van der Waals surface area (Å²) in [6.45, 7) is 11.1. The highest BCUT2D eigenvalue weighted by atomic mass is 15.3. The zero-order valence-electron chi connectivity index (χ0n) is 17.6. The fourth-order valence-corrected chi connectivity index (χ4v) is 2.94. The fraction of sp³-hybridized carbons (Fsp3) is 0.800. The van der Waals surface area contributed by atoms with E-state index < -0.39 is 0 Å². The number of unbranched alkanes of at least 4 members (excludes halogenated alkanes) is 4. The summed E-state index contributed by atoms with van der Waals surface area (Å²) in [5.41, 5.74) is 2.31.